The summed E-state index contributed by atoms with van der Waals surface area (Å²) in [5.41, 5.74) is 0.179. The maximum Gasteiger partial charge on any atom is 0.220 e. The Hall–Kier alpha value is -2.14. The fourth-order valence-electron chi connectivity index (χ4n) is 1.85. The topological polar surface area (TPSA) is 62.5 Å². The minimum absolute atomic E-state index is 0.0160. The number of amides is 1. The first-order valence-electron chi connectivity index (χ1n) is 6.38. The van der Waals surface area contributed by atoms with Gasteiger partial charge in [0.05, 0.1) is 12.4 Å². The Balaban J connectivity index is 1.77. The summed E-state index contributed by atoms with van der Waals surface area (Å²) in [5.74, 6) is 0.0384. The first-order valence-corrected chi connectivity index (χ1v) is 6.38. The average Bonchev–Trinajstić information content (AvgIpc) is 2.96. The number of furan rings is 1. The molecule has 1 aromatic carbocycles. The second kappa shape index (κ2) is 6.86. The predicted molar refractivity (Wildman–Crippen MR) is 71.4 cm³/mol. The highest BCUT2D eigenvalue weighted by Crippen LogP contribution is 2.15. The van der Waals surface area contributed by atoms with Crippen LogP contribution < -0.4 is 5.32 Å². The number of nitrogens with one attached hydrogen (secondary N) is 1. The van der Waals surface area contributed by atoms with Crippen molar-refractivity contribution in [1.82, 2.24) is 5.32 Å². The molecule has 2 rings (SSSR count). The summed E-state index contributed by atoms with van der Waals surface area (Å²) >= 11 is 0. The van der Waals surface area contributed by atoms with Gasteiger partial charge < -0.3 is 14.8 Å². The lowest BCUT2D eigenvalue weighted by molar-refractivity contribution is -0.121. The number of hydrogen-bond donors (Lipinski definition) is 2. The van der Waals surface area contributed by atoms with Crippen LogP contribution in [-0.2, 0) is 11.2 Å². The highest BCUT2D eigenvalue weighted by atomic mass is 19.1. The van der Waals surface area contributed by atoms with Crippen LogP contribution in [0.25, 0.3) is 0 Å². The van der Waals surface area contributed by atoms with E-state index in [0.717, 1.165) is 5.76 Å². The van der Waals surface area contributed by atoms with Crippen LogP contribution >= 0.6 is 0 Å². The normalized spacial score (nSPS) is 12.1. The number of aryl methyl sites for hydroxylation is 1. The van der Waals surface area contributed by atoms with Gasteiger partial charge in [0.1, 0.15) is 11.6 Å². The van der Waals surface area contributed by atoms with Crippen LogP contribution in [0.15, 0.2) is 47.1 Å². The molecule has 106 valence electrons. The van der Waals surface area contributed by atoms with E-state index in [-0.39, 0.29) is 24.4 Å². The summed E-state index contributed by atoms with van der Waals surface area (Å²) in [7, 11) is 0. The van der Waals surface area contributed by atoms with E-state index in [4.69, 9.17) is 4.42 Å². The molecule has 0 aliphatic carbocycles. The molecule has 1 heterocycles. The molecule has 0 aliphatic rings. The number of carbonyl (C=O) groups is 1. The number of hydrogen-bond acceptors (Lipinski definition) is 3. The standard InChI is InChI=1S/C15H16FNO3/c16-13-6-2-1-5-12(13)14(18)10-17-15(19)8-7-11-4-3-9-20-11/h1-6,9,14,18H,7-8,10H2,(H,17,19)/t14-/m0/s1. The number of aliphatic hydroxyl groups excluding tert-OH is 1. The minimum atomic E-state index is -1.05. The van der Waals surface area contributed by atoms with Crippen molar-refractivity contribution >= 4 is 5.91 Å². The third-order valence-corrected chi connectivity index (χ3v) is 2.94. The molecule has 0 bridgehead atoms. The molecule has 0 saturated carbocycles. The van der Waals surface area contributed by atoms with E-state index in [9.17, 15) is 14.3 Å². The minimum Gasteiger partial charge on any atom is -0.469 e. The summed E-state index contributed by atoms with van der Waals surface area (Å²) < 4.78 is 18.5. The highest BCUT2D eigenvalue weighted by molar-refractivity contribution is 5.76. The first kappa shape index (κ1) is 14.3. The number of rotatable bonds is 6. The van der Waals surface area contributed by atoms with Crippen LogP contribution in [0, 0.1) is 5.82 Å². The van der Waals surface area contributed by atoms with E-state index in [2.05, 4.69) is 5.32 Å². The summed E-state index contributed by atoms with van der Waals surface area (Å²) in [4.78, 5) is 11.6. The third kappa shape index (κ3) is 3.93. The van der Waals surface area contributed by atoms with Gasteiger partial charge >= 0.3 is 0 Å². The molecule has 20 heavy (non-hydrogen) atoms. The molecule has 5 heteroatoms. The Labute approximate surface area is 116 Å². The van der Waals surface area contributed by atoms with Gasteiger partial charge in [-0.1, -0.05) is 18.2 Å². The lowest BCUT2D eigenvalue weighted by atomic mass is 10.1. The average molecular weight is 277 g/mol. The zero-order chi connectivity index (χ0) is 14.4. The maximum atomic E-state index is 13.4. The summed E-state index contributed by atoms with van der Waals surface area (Å²) in [6.45, 7) is -0.0160. The highest BCUT2D eigenvalue weighted by Gasteiger charge is 2.13. The largest absolute Gasteiger partial charge is 0.469 e. The molecular weight excluding hydrogens is 261 g/mol. The fourth-order valence-corrected chi connectivity index (χ4v) is 1.85. The van der Waals surface area contributed by atoms with Crippen molar-refractivity contribution in [3.8, 4) is 0 Å². The third-order valence-electron chi connectivity index (χ3n) is 2.94. The van der Waals surface area contributed by atoms with Gasteiger partial charge in [0.25, 0.3) is 0 Å². The molecule has 4 nitrogen and oxygen atoms in total. The molecule has 1 amide bonds. The predicted octanol–water partition coefficient (Wildman–Crippen LogP) is 2.20. The smallest absolute Gasteiger partial charge is 0.220 e. The van der Waals surface area contributed by atoms with Gasteiger partial charge in [-0.25, -0.2) is 4.39 Å². The lowest BCUT2D eigenvalue weighted by Gasteiger charge is -2.12. The Kier molecular flexibility index (Phi) is 4.90. The molecule has 0 spiro atoms. The van der Waals surface area contributed by atoms with Crippen molar-refractivity contribution in [1.29, 1.82) is 0 Å². The quantitative estimate of drug-likeness (QED) is 0.851. The van der Waals surface area contributed by atoms with Gasteiger partial charge in [0, 0.05) is 24.9 Å². The number of benzene rings is 1. The van der Waals surface area contributed by atoms with Crippen molar-refractivity contribution in [2.45, 2.75) is 18.9 Å². The van der Waals surface area contributed by atoms with E-state index in [1.807, 2.05) is 0 Å². The molecular formula is C15H16FNO3. The summed E-state index contributed by atoms with van der Waals surface area (Å²) in [6, 6.07) is 9.51. The zero-order valence-corrected chi connectivity index (χ0v) is 10.9. The van der Waals surface area contributed by atoms with Crippen molar-refractivity contribution in [3.63, 3.8) is 0 Å². The molecule has 0 radical (unpaired) electrons. The Bertz CT molecular complexity index is 554. The van der Waals surface area contributed by atoms with E-state index in [1.165, 1.54) is 12.1 Å². The lowest BCUT2D eigenvalue weighted by Crippen LogP contribution is -2.28. The fraction of sp³-hybridized carbons (Fsp3) is 0.267. The van der Waals surface area contributed by atoms with Crippen molar-refractivity contribution in [3.05, 3.63) is 59.8 Å². The van der Waals surface area contributed by atoms with Crippen LogP contribution in [0.4, 0.5) is 4.39 Å². The van der Waals surface area contributed by atoms with E-state index < -0.39 is 11.9 Å². The number of aliphatic hydroxyl groups is 1. The molecule has 0 fully saturated rings. The van der Waals surface area contributed by atoms with E-state index >= 15 is 0 Å². The van der Waals surface area contributed by atoms with Crippen LogP contribution in [0.1, 0.15) is 23.8 Å². The Morgan fingerprint density at radius 2 is 2.10 bits per heavy atom. The second-order valence-corrected chi connectivity index (χ2v) is 4.42. The zero-order valence-electron chi connectivity index (χ0n) is 10.9. The maximum absolute atomic E-state index is 13.4. The molecule has 2 N–H and O–H groups in total. The Morgan fingerprint density at radius 3 is 2.80 bits per heavy atom. The molecule has 1 atom stereocenters. The van der Waals surface area contributed by atoms with Gasteiger partial charge in [-0.15, -0.1) is 0 Å². The molecule has 2 aromatic rings. The first-order chi connectivity index (χ1) is 9.66. The molecule has 0 saturated heterocycles. The van der Waals surface area contributed by atoms with Crippen molar-refractivity contribution in [2.24, 2.45) is 0 Å². The molecule has 0 aliphatic heterocycles. The SMILES string of the molecule is O=C(CCc1ccco1)NC[C@H](O)c1ccccc1F. The van der Waals surface area contributed by atoms with Gasteiger partial charge in [-0.2, -0.15) is 0 Å². The monoisotopic (exact) mass is 277 g/mol. The summed E-state index contributed by atoms with van der Waals surface area (Å²) in [5, 5.41) is 12.4. The van der Waals surface area contributed by atoms with Gasteiger partial charge in [-0.3, -0.25) is 4.79 Å². The number of halogens is 1. The van der Waals surface area contributed by atoms with Crippen LogP contribution in [0.3, 0.4) is 0 Å². The number of carbonyl (C=O) groups excluding carboxylic acids is 1. The second-order valence-electron chi connectivity index (χ2n) is 4.42. The van der Waals surface area contributed by atoms with Gasteiger partial charge in [0.15, 0.2) is 0 Å². The summed E-state index contributed by atoms with van der Waals surface area (Å²) in [6.07, 6.45) is 1.25. The van der Waals surface area contributed by atoms with Crippen molar-refractivity contribution < 1.29 is 18.7 Å². The van der Waals surface area contributed by atoms with Crippen LogP contribution in [0.2, 0.25) is 0 Å². The van der Waals surface area contributed by atoms with E-state index in [0.29, 0.717) is 6.42 Å². The van der Waals surface area contributed by atoms with Crippen LogP contribution in [0.5, 0.6) is 0 Å². The molecule has 0 unspecified atom stereocenters. The van der Waals surface area contributed by atoms with E-state index in [1.54, 1.807) is 30.5 Å². The van der Waals surface area contributed by atoms with Crippen molar-refractivity contribution in [2.75, 3.05) is 6.54 Å². The van der Waals surface area contributed by atoms with Gasteiger partial charge in [0.2, 0.25) is 5.91 Å². The molecule has 1 aromatic heterocycles. The van der Waals surface area contributed by atoms with Gasteiger partial charge in [-0.05, 0) is 18.2 Å². The Morgan fingerprint density at radius 1 is 1.30 bits per heavy atom. The van der Waals surface area contributed by atoms with Crippen LogP contribution in [-0.4, -0.2) is 17.6 Å².